The Bertz CT molecular complexity index is 2900. The number of rotatable bonds is 42. The Morgan fingerprint density at radius 1 is 0.396 bits per heavy atom. The Labute approximate surface area is 532 Å². The van der Waals surface area contributed by atoms with Crippen molar-refractivity contribution in [3.05, 3.63) is 108 Å². The number of benzene rings is 2. The van der Waals surface area contributed by atoms with Crippen molar-refractivity contribution in [3.63, 3.8) is 0 Å². The number of hydrogen-bond donors (Lipinski definition) is 16. The van der Waals surface area contributed by atoms with Crippen LogP contribution in [0.4, 0.5) is 0 Å². The highest BCUT2D eigenvalue weighted by Gasteiger charge is 2.38. The molecule has 2 aromatic carbocycles. The Balaban J connectivity index is 1.56. The fourth-order valence-corrected chi connectivity index (χ4v) is 9.92. The molecular weight excluding hydrogens is 1170 g/mol. The molecule has 28 heteroatoms. The minimum atomic E-state index is -1.40. The number of aromatic amines is 2. The molecule has 10 atom stereocenters. The van der Waals surface area contributed by atoms with Crippen molar-refractivity contribution in [1.29, 1.82) is 0 Å². The molecule has 0 saturated heterocycles. The Kier molecular flexibility index (Phi) is 32.5. The van der Waals surface area contributed by atoms with E-state index >= 15 is 0 Å². The first kappa shape index (κ1) is 74.9. The van der Waals surface area contributed by atoms with Crippen LogP contribution in [0.5, 0.6) is 0 Å². The summed E-state index contributed by atoms with van der Waals surface area (Å²) in [5.41, 5.74) is 26.0. The number of carbonyl (C=O) groups excluding carboxylic acids is 9. The van der Waals surface area contributed by atoms with Crippen molar-refractivity contribution in [2.75, 3.05) is 19.6 Å². The predicted octanol–water partition coefficient (Wildman–Crippen LogP) is -0.467. The number of unbranched alkanes of at least 4 members (excludes halogenated alkanes) is 3. The van der Waals surface area contributed by atoms with E-state index in [1.165, 1.54) is 25.0 Å². The lowest BCUT2D eigenvalue weighted by atomic mass is 9.98. The third kappa shape index (κ3) is 26.0. The van der Waals surface area contributed by atoms with E-state index in [-0.39, 0.29) is 58.0 Å². The molecule has 0 aliphatic rings. The number of nitrogens with zero attached hydrogens (tertiary/aromatic N) is 2. The van der Waals surface area contributed by atoms with Gasteiger partial charge in [-0.3, -0.25) is 43.2 Å². The number of carboxylic acids is 1. The third-order valence-electron chi connectivity index (χ3n) is 15.2. The van der Waals surface area contributed by atoms with Crippen LogP contribution in [0, 0.1) is 17.8 Å². The van der Waals surface area contributed by atoms with Gasteiger partial charge < -0.3 is 85.9 Å². The number of carbonyl (C=O) groups is 10. The van der Waals surface area contributed by atoms with E-state index in [2.05, 4.69) is 67.8 Å². The van der Waals surface area contributed by atoms with E-state index in [1.54, 1.807) is 102 Å². The van der Waals surface area contributed by atoms with Crippen LogP contribution in [0.2, 0.25) is 0 Å². The standard InChI is InChI=1S/C63H97N17O11/c1-37(2)51(60(87)74-45(23-13-16-26-64)55(82)75-48(29-40-19-9-7-10-20-40)59(86)77-50(63(90)91)32-43-34-69-36-71-43)78-57(84)47(25-15-18-28-66)73-58(85)49(30-41-21-11-8-12-22-41)76-61(88)52(38(3)4)80-62(89)53(39(5)6)79-56(83)46(24-14-17-27-65)72-54(81)44(67)31-42-33-68-35-70-42/h7-12,19-22,33-39,44-53H,13-18,23-32,64-67H2,1-6H3,(H,68,70)(H,69,71)(H,72,81)(H,73,85)(H,74,87)(H,75,82)(H,76,88)(H,77,86)(H,78,84)(H,79,83)(H,80,89)(H,90,91)/t44-,45-,46-,47-,48-,49-,50-,51-,52-,53-/m0/s1. The maximum atomic E-state index is 14.7. The molecular formula is C63H97N17O11. The molecule has 2 aromatic heterocycles. The highest BCUT2D eigenvalue weighted by atomic mass is 16.4. The van der Waals surface area contributed by atoms with E-state index in [9.17, 15) is 53.1 Å². The van der Waals surface area contributed by atoms with Gasteiger partial charge in [0, 0.05) is 49.5 Å². The van der Waals surface area contributed by atoms with Gasteiger partial charge in [0.25, 0.3) is 0 Å². The number of nitrogens with one attached hydrogen (secondary N) is 11. The lowest BCUT2D eigenvalue weighted by Crippen LogP contribution is -2.62. The van der Waals surface area contributed by atoms with E-state index in [0.29, 0.717) is 67.6 Å². The lowest BCUT2D eigenvalue weighted by molar-refractivity contribution is -0.142. The van der Waals surface area contributed by atoms with Gasteiger partial charge in [-0.2, -0.15) is 0 Å². The third-order valence-corrected chi connectivity index (χ3v) is 15.2. The Hall–Kier alpha value is -8.60. The highest BCUT2D eigenvalue weighted by Crippen LogP contribution is 2.15. The normalized spacial score (nSPS) is 14.6. The quantitative estimate of drug-likeness (QED) is 0.0250. The molecule has 0 unspecified atom stereocenters. The first-order valence-corrected chi connectivity index (χ1v) is 31.3. The predicted molar refractivity (Wildman–Crippen MR) is 341 cm³/mol. The van der Waals surface area contributed by atoms with Gasteiger partial charge in [-0.1, -0.05) is 102 Å². The van der Waals surface area contributed by atoms with Gasteiger partial charge in [0.1, 0.15) is 54.4 Å². The molecule has 91 heavy (non-hydrogen) atoms. The number of aliphatic carboxylic acids is 1. The van der Waals surface area contributed by atoms with Gasteiger partial charge in [0.05, 0.1) is 18.7 Å². The number of H-pyrrole nitrogens is 2. The summed E-state index contributed by atoms with van der Waals surface area (Å²) in [7, 11) is 0. The van der Waals surface area contributed by atoms with E-state index in [1.807, 2.05) is 0 Å². The largest absolute Gasteiger partial charge is 0.480 e. The summed E-state index contributed by atoms with van der Waals surface area (Å²) in [5, 5.41) is 34.8. The van der Waals surface area contributed by atoms with Crippen molar-refractivity contribution in [2.24, 2.45) is 40.7 Å². The number of carboxylic acid groups (broad SMARTS) is 1. The summed E-state index contributed by atoms with van der Waals surface area (Å²) in [6.07, 6.45) is 8.67. The van der Waals surface area contributed by atoms with Gasteiger partial charge in [-0.05, 0) is 106 Å². The van der Waals surface area contributed by atoms with Crippen LogP contribution in [0.15, 0.2) is 85.7 Å². The average Bonchev–Trinajstić information content (AvgIpc) is 4.44. The van der Waals surface area contributed by atoms with Crippen molar-refractivity contribution in [1.82, 2.24) is 67.8 Å². The molecule has 500 valence electrons. The van der Waals surface area contributed by atoms with Crippen LogP contribution in [0.25, 0.3) is 0 Å². The van der Waals surface area contributed by atoms with Gasteiger partial charge in [-0.15, -0.1) is 0 Å². The second kappa shape index (κ2) is 39.5. The van der Waals surface area contributed by atoms with Crippen molar-refractivity contribution in [3.8, 4) is 0 Å². The zero-order valence-corrected chi connectivity index (χ0v) is 53.1. The van der Waals surface area contributed by atoms with Crippen LogP contribution in [-0.4, -0.2) is 164 Å². The summed E-state index contributed by atoms with van der Waals surface area (Å²) in [6, 6.07) is 5.05. The molecule has 4 aromatic rings. The number of nitrogens with two attached hydrogens (primary N) is 4. The number of amides is 9. The zero-order valence-electron chi connectivity index (χ0n) is 53.1. The first-order valence-electron chi connectivity index (χ1n) is 31.3. The minimum Gasteiger partial charge on any atom is -0.480 e. The summed E-state index contributed by atoms with van der Waals surface area (Å²) in [4.78, 5) is 154. The average molecular weight is 1270 g/mol. The van der Waals surface area contributed by atoms with Crippen molar-refractivity contribution >= 4 is 59.1 Å². The molecule has 20 N–H and O–H groups in total. The SMILES string of the molecule is CC(C)[C@H](NC(=O)[C@H](CCCCN)NC(=O)[C@H](Cc1ccccc1)NC(=O)[C@@H](NC(=O)[C@@H](NC(=O)[C@H](CCCCN)NC(=O)[C@@H](N)Cc1cnc[nH]1)C(C)C)C(C)C)C(=O)N[C@@H](CCCCN)C(=O)N[C@@H](Cc1ccccc1)C(=O)N[C@@H](Cc1cnc[nH]1)C(=O)O. The number of imidazole rings is 2. The molecule has 4 rings (SSSR count). The van der Waals surface area contributed by atoms with Crippen LogP contribution >= 0.6 is 0 Å². The molecule has 0 bridgehead atoms. The molecule has 2 heterocycles. The highest BCUT2D eigenvalue weighted by molar-refractivity contribution is 5.99. The number of aromatic nitrogens is 4. The van der Waals surface area contributed by atoms with Crippen LogP contribution in [0.1, 0.15) is 122 Å². The van der Waals surface area contributed by atoms with Gasteiger partial charge in [-0.25, -0.2) is 14.8 Å². The van der Waals surface area contributed by atoms with Crippen LogP contribution in [0.3, 0.4) is 0 Å². The van der Waals surface area contributed by atoms with Crippen molar-refractivity contribution in [2.45, 2.75) is 185 Å². The number of hydrogen-bond acceptors (Lipinski definition) is 16. The summed E-state index contributed by atoms with van der Waals surface area (Å²) in [6.45, 7) is 11.0. The maximum absolute atomic E-state index is 14.7. The molecule has 0 spiro atoms. The molecule has 0 fully saturated rings. The second-order valence-electron chi connectivity index (χ2n) is 23.8. The summed E-state index contributed by atoms with van der Waals surface area (Å²) in [5.74, 6) is -9.58. The fraction of sp³-hybridized carbons (Fsp3) is 0.556. The van der Waals surface area contributed by atoms with Crippen molar-refractivity contribution < 1.29 is 53.1 Å². The van der Waals surface area contributed by atoms with Gasteiger partial charge in [0.15, 0.2) is 0 Å². The molecule has 0 aliphatic carbocycles. The topological polar surface area (TPSA) is 461 Å². The Morgan fingerprint density at radius 3 is 1.07 bits per heavy atom. The Morgan fingerprint density at radius 2 is 0.703 bits per heavy atom. The molecule has 28 nitrogen and oxygen atoms in total. The van der Waals surface area contributed by atoms with E-state index < -0.39 is 137 Å². The minimum absolute atomic E-state index is 0.0436. The lowest BCUT2D eigenvalue weighted by Gasteiger charge is -2.30. The van der Waals surface area contributed by atoms with Crippen LogP contribution in [-0.2, 0) is 73.6 Å². The van der Waals surface area contributed by atoms with Crippen LogP contribution < -0.4 is 70.8 Å². The monoisotopic (exact) mass is 1270 g/mol. The second-order valence-corrected chi connectivity index (χ2v) is 23.8. The molecule has 0 aliphatic heterocycles. The molecule has 0 radical (unpaired) electrons. The summed E-state index contributed by atoms with van der Waals surface area (Å²) < 4.78 is 0. The zero-order chi connectivity index (χ0) is 67.0. The van der Waals surface area contributed by atoms with Gasteiger partial charge >= 0.3 is 5.97 Å². The molecule has 9 amide bonds. The van der Waals surface area contributed by atoms with Gasteiger partial charge in [0.2, 0.25) is 53.2 Å². The summed E-state index contributed by atoms with van der Waals surface area (Å²) >= 11 is 0. The maximum Gasteiger partial charge on any atom is 0.326 e. The van der Waals surface area contributed by atoms with E-state index in [4.69, 9.17) is 22.9 Å². The first-order chi connectivity index (χ1) is 43.5. The van der Waals surface area contributed by atoms with E-state index in [0.717, 1.165) is 0 Å². The molecule has 0 saturated carbocycles. The smallest absolute Gasteiger partial charge is 0.326 e. The fourth-order valence-electron chi connectivity index (χ4n) is 9.92.